The van der Waals surface area contributed by atoms with Crippen molar-refractivity contribution in [2.45, 2.75) is 89.3 Å². The lowest BCUT2D eigenvalue weighted by molar-refractivity contribution is 0.0197. The molecule has 50 heavy (non-hydrogen) atoms. The van der Waals surface area contributed by atoms with Crippen LogP contribution in [0.25, 0.3) is 0 Å². The van der Waals surface area contributed by atoms with E-state index in [1.54, 1.807) is 19.6 Å². The molecular formula is C36H56N8O6. The van der Waals surface area contributed by atoms with Crippen LogP contribution in [-0.2, 0) is 9.47 Å². The maximum absolute atomic E-state index is 13.0. The molecule has 5 fully saturated rings. The molecule has 276 valence electrons. The van der Waals surface area contributed by atoms with Gasteiger partial charge >= 0.3 is 24.2 Å². The van der Waals surface area contributed by atoms with Crippen molar-refractivity contribution in [2.75, 3.05) is 65.4 Å². The molecule has 0 aromatic carbocycles. The molecule has 7 rings (SSSR count). The highest BCUT2D eigenvalue weighted by Gasteiger charge is 2.43. The molecule has 0 bridgehead atoms. The lowest BCUT2D eigenvalue weighted by Gasteiger charge is -2.35. The summed E-state index contributed by atoms with van der Waals surface area (Å²) in [6, 6.07) is -0.157. The Morgan fingerprint density at radius 2 is 0.900 bits per heavy atom. The van der Waals surface area contributed by atoms with Gasteiger partial charge in [0.05, 0.1) is 0 Å². The SMILES string of the molecule is NCC1CC[C@@H]2C(=C2NC(=O)N2CCN(C(=O)OC3CCCC(OC(=O)N4CCN(C(=O)NC5=C6C[C@@H](CN)CC[C@H]65)CC4)CCC3)CC2)C1. The maximum Gasteiger partial charge on any atom is 0.410 e. The van der Waals surface area contributed by atoms with E-state index >= 15 is 0 Å². The first-order valence-corrected chi connectivity index (χ1v) is 19.2. The molecule has 3 saturated carbocycles. The first-order chi connectivity index (χ1) is 24.3. The number of carbonyl (C=O) groups is 4. The Kier molecular flexibility index (Phi) is 10.7. The summed E-state index contributed by atoms with van der Waals surface area (Å²) in [5, 5.41) is 6.25. The number of amides is 6. The number of piperazine rings is 2. The van der Waals surface area contributed by atoms with Crippen LogP contribution in [-0.4, -0.2) is 122 Å². The van der Waals surface area contributed by atoms with Crippen LogP contribution in [0.5, 0.6) is 0 Å². The monoisotopic (exact) mass is 696 g/mol. The molecule has 6 N–H and O–H groups in total. The van der Waals surface area contributed by atoms with Crippen LogP contribution < -0.4 is 22.1 Å². The van der Waals surface area contributed by atoms with Crippen molar-refractivity contribution in [3.05, 3.63) is 22.5 Å². The van der Waals surface area contributed by atoms with E-state index in [4.69, 9.17) is 20.9 Å². The first kappa shape index (κ1) is 34.9. The summed E-state index contributed by atoms with van der Waals surface area (Å²) in [6.45, 7) is 5.14. The van der Waals surface area contributed by atoms with E-state index in [-0.39, 0.29) is 36.5 Å². The summed E-state index contributed by atoms with van der Waals surface area (Å²) in [5.74, 6) is 1.94. The number of rotatable bonds is 6. The van der Waals surface area contributed by atoms with Gasteiger partial charge in [0.1, 0.15) is 12.2 Å². The van der Waals surface area contributed by atoms with Crippen LogP contribution >= 0.6 is 0 Å². The van der Waals surface area contributed by atoms with E-state index in [1.165, 1.54) is 11.1 Å². The van der Waals surface area contributed by atoms with Crippen LogP contribution in [0.3, 0.4) is 0 Å². The largest absolute Gasteiger partial charge is 0.446 e. The van der Waals surface area contributed by atoms with Crippen LogP contribution in [0.2, 0.25) is 0 Å². The summed E-state index contributed by atoms with van der Waals surface area (Å²) < 4.78 is 11.8. The van der Waals surface area contributed by atoms with Gasteiger partial charge in [-0.25, -0.2) is 19.2 Å². The summed E-state index contributed by atoms with van der Waals surface area (Å²) in [5.41, 5.74) is 16.6. The van der Waals surface area contributed by atoms with Crippen molar-refractivity contribution in [3.63, 3.8) is 0 Å². The highest BCUT2D eigenvalue weighted by atomic mass is 16.6. The van der Waals surface area contributed by atoms with Crippen molar-refractivity contribution >= 4 is 24.2 Å². The van der Waals surface area contributed by atoms with Gasteiger partial charge in [0, 0.05) is 75.6 Å². The minimum Gasteiger partial charge on any atom is -0.446 e. The number of allylic oxidation sites excluding steroid dienone is 4. The molecule has 6 amide bonds. The maximum atomic E-state index is 13.0. The zero-order valence-electron chi connectivity index (χ0n) is 29.4. The average Bonchev–Trinajstić information content (AvgIpc) is 4.03. The number of nitrogens with two attached hydrogens (primary N) is 2. The van der Waals surface area contributed by atoms with Gasteiger partial charge in [-0.05, 0) is 113 Å². The van der Waals surface area contributed by atoms with Crippen LogP contribution in [0.15, 0.2) is 22.5 Å². The van der Waals surface area contributed by atoms with Crippen molar-refractivity contribution in [1.82, 2.24) is 30.2 Å². The van der Waals surface area contributed by atoms with Gasteiger partial charge in [0.15, 0.2) is 0 Å². The minimum absolute atomic E-state index is 0.0784. The fourth-order valence-corrected chi connectivity index (χ4v) is 8.83. The first-order valence-electron chi connectivity index (χ1n) is 19.2. The number of carbonyl (C=O) groups excluding carboxylic acids is 4. The van der Waals surface area contributed by atoms with E-state index in [2.05, 4.69) is 10.6 Å². The van der Waals surface area contributed by atoms with Gasteiger partial charge < -0.3 is 51.2 Å². The Morgan fingerprint density at radius 1 is 0.540 bits per heavy atom. The van der Waals surface area contributed by atoms with Crippen molar-refractivity contribution in [3.8, 4) is 0 Å². The van der Waals surface area contributed by atoms with Gasteiger partial charge in [-0.15, -0.1) is 0 Å². The third kappa shape index (κ3) is 8.01. The van der Waals surface area contributed by atoms with E-state index in [0.29, 0.717) is 89.1 Å². The Hall–Kier alpha value is -3.52. The fourth-order valence-electron chi connectivity index (χ4n) is 8.83. The molecule has 5 aliphatic carbocycles. The summed E-state index contributed by atoms with van der Waals surface area (Å²) >= 11 is 0. The number of ether oxygens (including phenoxy) is 2. The van der Waals surface area contributed by atoms with E-state index in [9.17, 15) is 19.2 Å². The second-order valence-corrected chi connectivity index (χ2v) is 15.4. The topological polar surface area (TPSA) is 176 Å². The van der Waals surface area contributed by atoms with Crippen molar-refractivity contribution in [2.24, 2.45) is 35.1 Å². The molecule has 4 atom stereocenters. The van der Waals surface area contributed by atoms with Gasteiger partial charge in [0.2, 0.25) is 0 Å². The Morgan fingerprint density at radius 3 is 1.26 bits per heavy atom. The highest BCUT2D eigenvalue weighted by Crippen LogP contribution is 2.50. The van der Waals surface area contributed by atoms with Gasteiger partial charge in [-0.1, -0.05) is 0 Å². The lowest BCUT2D eigenvalue weighted by atomic mass is 9.89. The molecule has 14 nitrogen and oxygen atoms in total. The third-order valence-corrected chi connectivity index (χ3v) is 12.2. The summed E-state index contributed by atoms with van der Waals surface area (Å²) in [6.07, 6.45) is 9.96. The Labute approximate surface area is 295 Å². The smallest absolute Gasteiger partial charge is 0.410 e. The van der Waals surface area contributed by atoms with Crippen LogP contribution in [0.4, 0.5) is 19.2 Å². The second kappa shape index (κ2) is 15.4. The fraction of sp³-hybridized carbons (Fsp3) is 0.778. The van der Waals surface area contributed by atoms with E-state index in [0.717, 1.165) is 88.4 Å². The van der Waals surface area contributed by atoms with E-state index in [1.807, 2.05) is 0 Å². The molecule has 0 aromatic rings. The highest BCUT2D eigenvalue weighted by molar-refractivity contribution is 5.79. The summed E-state index contributed by atoms with van der Waals surface area (Å²) in [7, 11) is 0. The molecule has 0 radical (unpaired) electrons. The molecule has 14 heteroatoms. The number of urea groups is 2. The quantitative estimate of drug-likeness (QED) is 0.327. The zero-order valence-corrected chi connectivity index (χ0v) is 29.4. The predicted octanol–water partition coefficient (Wildman–Crippen LogP) is 3.29. The molecular weight excluding hydrogens is 640 g/mol. The number of hydrogen-bond donors (Lipinski definition) is 4. The van der Waals surface area contributed by atoms with Gasteiger partial charge in [0.25, 0.3) is 0 Å². The Bertz CT molecular complexity index is 1260. The Balaban J connectivity index is 0.763. The number of nitrogens with zero attached hydrogens (tertiary/aromatic N) is 4. The van der Waals surface area contributed by atoms with Gasteiger partial charge in [-0.2, -0.15) is 0 Å². The minimum atomic E-state index is -0.314. The molecule has 2 heterocycles. The van der Waals surface area contributed by atoms with Crippen molar-refractivity contribution < 1.29 is 28.7 Å². The standard InChI is InChI=1S/C36H56N8O6/c37-21-23-7-9-27-29(19-23)31(27)39-33(45)41-11-15-43(16-12-41)35(47)49-25-3-1-4-26(6-2-5-25)50-36(48)44-17-13-42(14-18-44)34(46)40-32-28-10-8-24(22-38)20-30(28)32/h23-28H,1-22,37-38H2,(H,39,45)(H,40,46)/t23-,24?,25?,26?,27+,28+/m0/s1. The zero-order chi connectivity index (χ0) is 34.8. The lowest BCUT2D eigenvalue weighted by Crippen LogP contribution is -2.53. The third-order valence-electron chi connectivity index (χ3n) is 12.2. The normalized spacial score (nSPS) is 31.2. The molecule has 0 spiro atoms. The molecule has 1 unspecified atom stereocenters. The van der Waals surface area contributed by atoms with Crippen molar-refractivity contribution in [1.29, 1.82) is 0 Å². The van der Waals surface area contributed by atoms with Crippen LogP contribution in [0, 0.1) is 23.7 Å². The predicted molar refractivity (Wildman–Crippen MR) is 185 cm³/mol. The second-order valence-electron chi connectivity index (χ2n) is 15.4. The number of nitrogens with one attached hydrogen (secondary N) is 2. The molecule has 7 aliphatic rings. The number of fused-ring (bicyclic) bond motifs is 2. The van der Waals surface area contributed by atoms with E-state index < -0.39 is 0 Å². The molecule has 2 saturated heterocycles. The van der Waals surface area contributed by atoms with Gasteiger partial charge in [-0.3, -0.25) is 0 Å². The molecule has 2 aliphatic heterocycles. The summed E-state index contributed by atoms with van der Waals surface area (Å²) in [4.78, 5) is 58.7. The average molecular weight is 697 g/mol. The number of hydrogen-bond acceptors (Lipinski definition) is 8. The van der Waals surface area contributed by atoms with Crippen LogP contribution in [0.1, 0.15) is 77.0 Å². The molecule has 0 aromatic heterocycles.